The van der Waals surface area contributed by atoms with Crippen LogP contribution in [-0.4, -0.2) is 38.1 Å². The van der Waals surface area contributed by atoms with Crippen molar-refractivity contribution in [2.75, 3.05) is 11.9 Å². The van der Waals surface area contributed by atoms with Crippen LogP contribution in [-0.2, 0) is 4.79 Å². The van der Waals surface area contributed by atoms with Crippen molar-refractivity contribution in [3.8, 4) is 0 Å². The fraction of sp³-hybridized carbons (Fsp3) is 0.455. The molecule has 1 unspecified atom stereocenters. The van der Waals surface area contributed by atoms with Crippen LogP contribution in [0.15, 0.2) is 12.4 Å². The zero-order valence-electron chi connectivity index (χ0n) is 10.1. The molecular formula is C11H14N6O. The van der Waals surface area contributed by atoms with Crippen LogP contribution >= 0.6 is 0 Å². The fourth-order valence-corrected chi connectivity index (χ4v) is 2.11. The average Bonchev–Trinajstić information content (AvgIpc) is 2.94. The number of nitrogens with one attached hydrogen (secondary N) is 2. The Kier molecular flexibility index (Phi) is 2.58. The molecule has 1 fully saturated rings. The van der Waals surface area contributed by atoms with Crippen molar-refractivity contribution in [2.45, 2.75) is 25.8 Å². The molecule has 7 nitrogen and oxygen atoms in total. The van der Waals surface area contributed by atoms with Crippen molar-refractivity contribution in [3.05, 3.63) is 18.1 Å². The van der Waals surface area contributed by atoms with E-state index in [0.29, 0.717) is 18.7 Å². The van der Waals surface area contributed by atoms with E-state index in [2.05, 4.69) is 25.7 Å². The van der Waals surface area contributed by atoms with Crippen molar-refractivity contribution in [1.29, 1.82) is 0 Å². The van der Waals surface area contributed by atoms with Gasteiger partial charge < -0.3 is 10.6 Å². The second-order valence-electron chi connectivity index (χ2n) is 4.44. The Labute approximate surface area is 104 Å². The molecule has 1 amide bonds. The largest absolute Gasteiger partial charge is 0.368 e. The number of aromatic nitrogens is 4. The Hall–Kier alpha value is -2.18. The molecule has 7 heteroatoms. The van der Waals surface area contributed by atoms with Crippen molar-refractivity contribution < 1.29 is 4.79 Å². The number of carbonyl (C=O) groups excluding carboxylic acids is 1. The van der Waals surface area contributed by atoms with E-state index < -0.39 is 0 Å². The minimum atomic E-state index is 0.124. The highest BCUT2D eigenvalue weighted by Crippen LogP contribution is 2.12. The quantitative estimate of drug-likeness (QED) is 0.803. The van der Waals surface area contributed by atoms with Gasteiger partial charge in [-0.2, -0.15) is 14.6 Å². The number of carbonyl (C=O) groups is 1. The summed E-state index contributed by atoms with van der Waals surface area (Å²) in [6.07, 6.45) is 2.96. The van der Waals surface area contributed by atoms with E-state index in [-0.39, 0.29) is 11.9 Å². The number of rotatable bonds is 3. The lowest BCUT2D eigenvalue weighted by molar-refractivity contribution is -0.119. The Morgan fingerprint density at radius 3 is 3.28 bits per heavy atom. The summed E-state index contributed by atoms with van der Waals surface area (Å²) in [6.45, 7) is 2.60. The van der Waals surface area contributed by atoms with Gasteiger partial charge in [-0.15, -0.1) is 0 Å². The monoisotopic (exact) mass is 246 g/mol. The molecule has 94 valence electrons. The Morgan fingerprint density at radius 2 is 2.50 bits per heavy atom. The number of amides is 1. The highest BCUT2D eigenvalue weighted by Gasteiger charge is 2.20. The normalized spacial score (nSPS) is 19.2. The smallest absolute Gasteiger partial charge is 0.254 e. The first-order valence-corrected chi connectivity index (χ1v) is 5.93. The summed E-state index contributed by atoms with van der Waals surface area (Å²) in [6, 6.07) is 2.10. The Bertz CT molecular complexity index is 592. The number of fused-ring (bicyclic) bond motifs is 1. The van der Waals surface area contributed by atoms with Gasteiger partial charge in [0.15, 0.2) is 0 Å². The van der Waals surface area contributed by atoms with Crippen LogP contribution in [0, 0.1) is 6.92 Å². The van der Waals surface area contributed by atoms with Crippen molar-refractivity contribution in [1.82, 2.24) is 24.9 Å². The molecule has 2 aromatic heterocycles. The van der Waals surface area contributed by atoms with Crippen molar-refractivity contribution in [2.24, 2.45) is 0 Å². The number of aryl methyl sites for hydroxylation is 1. The molecule has 3 rings (SSSR count). The zero-order valence-corrected chi connectivity index (χ0v) is 10.1. The summed E-state index contributed by atoms with van der Waals surface area (Å²) in [4.78, 5) is 19.4. The molecule has 1 aliphatic rings. The van der Waals surface area contributed by atoms with Gasteiger partial charge in [-0.1, -0.05) is 0 Å². The van der Waals surface area contributed by atoms with Gasteiger partial charge in [0.1, 0.15) is 12.1 Å². The third kappa shape index (κ3) is 1.99. The first-order valence-electron chi connectivity index (χ1n) is 5.93. The van der Waals surface area contributed by atoms with E-state index >= 15 is 0 Å². The third-order valence-electron chi connectivity index (χ3n) is 2.99. The minimum absolute atomic E-state index is 0.124. The molecule has 0 aromatic carbocycles. The van der Waals surface area contributed by atoms with Gasteiger partial charge in [0.05, 0.1) is 0 Å². The van der Waals surface area contributed by atoms with Gasteiger partial charge >= 0.3 is 0 Å². The van der Waals surface area contributed by atoms with Crippen LogP contribution < -0.4 is 10.6 Å². The lowest BCUT2D eigenvalue weighted by atomic mass is 10.2. The standard InChI is InChI=1S/C11H14N6O/c1-7-4-9(17-11(15-7)13-6-14-17)12-5-8-2-3-10(18)16-8/h4,6,8,12H,2-3,5H2,1H3,(H,16,18). The van der Waals surface area contributed by atoms with Crippen LogP contribution in [0.25, 0.3) is 5.78 Å². The van der Waals surface area contributed by atoms with Crippen LogP contribution in [0.5, 0.6) is 0 Å². The zero-order chi connectivity index (χ0) is 12.5. The number of nitrogens with zero attached hydrogens (tertiary/aromatic N) is 4. The third-order valence-corrected chi connectivity index (χ3v) is 2.99. The fourth-order valence-electron chi connectivity index (χ4n) is 2.11. The van der Waals surface area contributed by atoms with Crippen molar-refractivity contribution >= 4 is 17.5 Å². The summed E-state index contributed by atoms with van der Waals surface area (Å²) in [5.74, 6) is 1.54. The van der Waals surface area contributed by atoms with E-state index in [1.807, 2.05) is 13.0 Å². The van der Waals surface area contributed by atoms with Gasteiger partial charge in [0.25, 0.3) is 5.78 Å². The molecule has 1 aliphatic heterocycles. The van der Waals surface area contributed by atoms with Crippen LogP contribution in [0.1, 0.15) is 18.5 Å². The van der Waals surface area contributed by atoms with Gasteiger partial charge in [-0.3, -0.25) is 4.79 Å². The minimum Gasteiger partial charge on any atom is -0.368 e. The van der Waals surface area contributed by atoms with E-state index in [9.17, 15) is 4.79 Å². The van der Waals surface area contributed by atoms with Gasteiger partial charge in [-0.25, -0.2) is 4.98 Å². The number of hydrogen-bond acceptors (Lipinski definition) is 5. The molecule has 2 aromatic rings. The summed E-state index contributed by atoms with van der Waals surface area (Å²) >= 11 is 0. The number of hydrogen-bond donors (Lipinski definition) is 2. The lowest BCUT2D eigenvalue weighted by Gasteiger charge is -2.13. The maximum atomic E-state index is 11.1. The van der Waals surface area contributed by atoms with Gasteiger partial charge in [-0.05, 0) is 13.3 Å². The highest BCUT2D eigenvalue weighted by atomic mass is 16.1. The molecule has 1 atom stereocenters. The Morgan fingerprint density at radius 1 is 1.61 bits per heavy atom. The molecule has 0 saturated carbocycles. The molecule has 2 N–H and O–H groups in total. The predicted octanol–water partition coefficient (Wildman–Crippen LogP) is 0.123. The SMILES string of the molecule is Cc1cc(NCC2CCC(=O)N2)n2ncnc2n1. The first-order chi connectivity index (χ1) is 8.72. The maximum absolute atomic E-state index is 11.1. The summed E-state index contributed by atoms with van der Waals surface area (Å²) in [7, 11) is 0. The Balaban J connectivity index is 1.77. The topological polar surface area (TPSA) is 84.2 Å². The summed E-state index contributed by atoms with van der Waals surface area (Å²) < 4.78 is 1.66. The summed E-state index contributed by atoms with van der Waals surface area (Å²) in [5.41, 5.74) is 0.883. The average molecular weight is 246 g/mol. The van der Waals surface area contributed by atoms with Crippen LogP contribution in [0.3, 0.4) is 0 Å². The van der Waals surface area contributed by atoms with Gasteiger partial charge in [0, 0.05) is 30.8 Å². The van der Waals surface area contributed by atoms with E-state index in [1.165, 1.54) is 6.33 Å². The van der Waals surface area contributed by atoms with Crippen LogP contribution in [0.2, 0.25) is 0 Å². The molecule has 0 spiro atoms. The highest BCUT2D eigenvalue weighted by molar-refractivity contribution is 5.78. The van der Waals surface area contributed by atoms with E-state index in [1.54, 1.807) is 4.52 Å². The molecule has 0 radical (unpaired) electrons. The van der Waals surface area contributed by atoms with Gasteiger partial charge in [0.2, 0.25) is 5.91 Å². The molecule has 3 heterocycles. The second-order valence-corrected chi connectivity index (χ2v) is 4.44. The van der Waals surface area contributed by atoms with Crippen LogP contribution in [0.4, 0.5) is 5.82 Å². The van der Waals surface area contributed by atoms with Crippen molar-refractivity contribution in [3.63, 3.8) is 0 Å². The predicted molar refractivity (Wildman–Crippen MR) is 65.2 cm³/mol. The van der Waals surface area contributed by atoms with E-state index in [0.717, 1.165) is 17.9 Å². The maximum Gasteiger partial charge on any atom is 0.254 e. The van der Waals surface area contributed by atoms with E-state index in [4.69, 9.17) is 0 Å². The molecular weight excluding hydrogens is 232 g/mol. The second kappa shape index (κ2) is 4.25. The first kappa shape index (κ1) is 10.9. The number of anilines is 1. The molecule has 0 bridgehead atoms. The summed E-state index contributed by atoms with van der Waals surface area (Å²) in [5, 5.41) is 10.3. The molecule has 0 aliphatic carbocycles. The lowest BCUT2D eigenvalue weighted by Crippen LogP contribution is -2.32. The molecule has 18 heavy (non-hydrogen) atoms. The molecule has 1 saturated heterocycles.